The molecule has 10 heteroatoms. The molecule has 0 aliphatic rings. The van der Waals surface area contributed by atoms with E-state index in [0.29, 0.717) is 11.5 Å². The van der Waals surface area contributed by atoms with Crippen LogP contribution in [0.5, 0.6) is 0 Å². The lowest BCUT2D eigenvalue weighted by Crippen LogP contribution is -2.33. The number of carbonyl (C=O) groups excluding carboxylic acids is 2. The summed E-state index contributed by atoms with van der Waals surface area (Å²) in [6.07, 6.45) is 1.53. The number of nitrogens with zero attached hydrogens (tertiary/aromatic N) is 1. The van der Waals surface area contributed by atoms with E-state index < -0.39 is 21.3 Å². The number of hydrogen-bond donors (Lipinski definition) is 4. The van der Waals surface area contributed by atoms with Crippen molar-refractivity contribution in [1.29, 1.82) is 0 Å². The minimum Gasteiger partial charge on any atom is -0.395 e. The molecule has 0 saturated carbocycles. The highest BCUT2D eigenvalue weighted by molar-refractivity contribution is 7.92. The molecule has 172 valence electrons. The number of nitrogens with one attached hydrogen (secondary N) is 3. The van der Waals surface area contributed by atoms with Crippen LogP contribution < -0.4 is 15.4 Å². The molecule has 0 bridgehead atoms. The first-order valence-corrected chi connectivity index (χ1v) is 11.5. The number of amides is 2. The molecule has 2 aromatic carbocycles. The Balaban J connectivity index is 1.71. The molecule has 9 nitrogen and oxygen atoms in total. The molecule has 3 aromatic rings. The number of carbonyl (C=O) groups is 2. The normalized spacial score (nSPS) is 11.5. The summed E-state index contributed by atoms with van der Waals surface area (Å²) in [5, 5.41) is 14.6. The van der Waals surface area contributed by atoms with E-state index in [1.807, 2.05) is 0 Å². The first-order chi connectivity index (χ1) is 15.6. The molecule has 1 heterocycles. The van der Waals surface area contributed by atoms with Crippen LogP contribution in [-0.2, 0) is 14.8 Å². The van der Waals surface area contributed by atoms with Crippen molar-refractivity contribution in [3.05, 3.63) is 78.5 Å². The summed E-state index contributed by atoms with van der Waals surface area (Å²) < 4.78 is 28.1. The van der Waals surface area contributed by atoms with E-state index in [0.717, 1.165) is 0 Å². The Kier molecular flexibility index (Phi) is 7.10. The second-order valence-electron chi connectivity index (χ2n) is 7.88. The topological polar surface area (TPSA) is 137 Å². The number of aromatic nitrogens is 1. The molecule has 1 aromatic heterocycles. The summed E-state index contributed by atoms with van der Waals surface area (Å²) in [7, 11) is -3.97. The molecule has 0 aliphatic heterocycles. The number of anilines is 3. The molecule has 0 aliphatic carbocycles. The smallest absolute Gasteiger partial charge is 0.261 e. The minimum absolute atomic E-state index is 0.0850. The van der Waals surface area contributed by atoms with Crippen LogP contribution in [0.25, 0.3) is 0 Å². The molecule has 3 rings (SSSR count). The van der Waals surface area contributed by atoms with Gasteiger partial charge in [-0.3, -0.25) is 14.3 Å². The van der Waals surface area contributed by atoms with Crippen molar-refractivity contribution in [2.24, 2.45) is 5.41 Å². The lowest BCUT2D eigenvalue weighted by atomic mass is 9.93. The van der Waals surface area contributed by atoms with E-state index in [9.17, 15) is 23.1 Å². The molecule has 0 saturated heterocycles. The third-order valence-corrected chi connectivity index (χ3v) is 6.10. The average Bonchev–Trinajstić information content (AvgIpc) is 2.81. The molecule has 2 amide bonds. The maximum absolute atomic E-state index is 12.8. The van der Waals surface area contributed by atoms with E-state index in [4.69, 9.17) is 0 Å². The van der Waals surface area contributed by atoms with Crippen molar-refractivity contribution >= 4 is 39.0 Å². The van der Waals surface area contributed by atoms with Gasteiger partial charge in [0.1, 0.15) is 5.82 Å². The van der Waals surface area contributed by atoms with Gasteiger partial charge < -0.3 is 15.7 Å². The fourth-order valence-corrected chi connectivity index (χ4v) is 3.74. The standard InChI is InChI=1S/C23H24N4O5S/c1-23(2,15-28)22(30)25-17-9-11-18(12-10-17)27-33(31,32)19-7-5-6-16(14-19)21(29)26-20-8-3-4-13-24-20/h3-14,27-28H,15H2,1-2H3,(H,25,30)(H,24,26,29). The average molecular weight is 469 g/mol. The molecule has 0 unspecified atom stereocenters. The van der Waals surface area contributed by atoms with Gasteiger partial charge in [-0.25, -0.2) is 13.4 Å². The molecular formula is C23H24N4O5S. The van der Waals surface area contributed by atoms with Gasteiger partial charge in [-0.1, -0.05) is 12.1 Å². The van der Waals surface area contributed by atoms with Crippen LogP contribution in [0.15, 0.2) is 77.8 Å². The number of pyridine rings is 1. The maximum atomic E-state index is 12.8. The van der Waals surface area contributed by atoms with Gasteiger partial charge >= 0.3 is 0 Å². The van der Waals surface area contributed by atoms with Gasteiger partial charge in [0.2, 0.25) is 5.91 Å². The van der Waals surface area contributed by atoms with Crippen molar-refractivity contribution in [1.82, 2.24) is 4.98 Å². The van der Waals surface area contributed by atoms with Gasteiger partial charge in [0.05, 0.1) is 16.9 Å². The Morgan fingerprint density at radius 1 is 0.939 bits per heavy atom. The predicted octanol–water partition coefficient (Wildman–Crippen LogP) is 3.09. The number of aliphatic hydroxyl groups is 1. The highest BCUT2D eigenvalue weighted by Crippen LogP contribution is 2.22. The number of hydrogen-bond acceptors (Lipinski definition) is 6. The van der Waals surface area contributed by atoms with Crippen molar-refractivity contribution < 1.29 is 23.1 Å². The first-order valence-electron chi connectivity index (χ1n) is 9.98. The van der Waals surface area contributed by atoms with Gasteiger partial charge in [0, 0.05) is 23.1 Å². The SMILES string of the molecule is CC(C)(CO)C(=O)Nc1ccc(NS(=O)(=O)c2cccc(C(=O)Nc3ccccn3)c2)cc1. The maximum Gasteiger partial charge on any atom is 0.261 e. The summed E-state index contributed by atoms with van der Waals surface area (Å²) >= 11 is 0. The Morgan fingerprint density at radius 2 is 1.64 bits per heavy atom. The Morgan fingerprint density at radius 3 is 2.27 bits per heavy atom. The summed E-state index contributed by atoms with van der Waals surface area (Å²) in [5.41, 5.74) is -0.0581. The zero-order valence-electron chi connectivity index (χ0n) is 18.1. The number of aliphatic hydroxyl groups excluding tert-OH is 1. The van der Waals surface area contributed by atoms with Crippen LogP contribution in [0.3, 0.4) is 0 Å². The molecule has 4 N–H and O–H groups in total. The highest BCUT2D eigenvalue weighted by atomic mass is 32.2. The predicted molar refractivity (Wildman–Crippen MR) is 125 cm³/mol. The van der Waals surface area contributed by atoms with Crippen LogP contribution in [0, 0.1) is 5.41 Å². The van der Waals surface area contributed by atoms with Crippen LogP contribution in [-0.4, -0.2) is 36.9 Å². The summed E-state index contributed by atoms with van der Waals surface area (Å²) in [5.74, 6) is -0.501. The number of benzene rings is 2. The third-order valence-electron chi connectivity index (χ3n) is 4.72. The van der Waals surface area contributed by atoms with Crippen molar-refractivity contribution in [3.8, 4) is 0 Å². The zero-order chi connectivity index (χ0) is 24.1. The fraction of sp³-hybridized carbons (Fsp3) is 0.174. The largest absolute Gasteiger partial charge is 0.395 e. The first kappa shape index (κ1) is 23.9. The van der Waals surface area contributed by atoms with Crippen LogP contribution >= 0.6 is 0 Å². The molecule has 33 heavy (non-hydrogen) atoms. The van der Waals surface area contributed by atoms with Gasteiger partial charge in [-0.15, -0.1) is 0 Å². The zero-order valence-corrected chi connectivity index (χ0v) is 18.9. The molecule has 0 spiro atoms. The number of rotatable bonds is 8. The van der Waals surface area contributed by atoms with E-state index >= 15 is 0 Å². The lowest BCUT2D eigenvalue weighted by molar-refractivity contribution is -0.125. The minimum atomic E-state index is -3.97. The van der Waals surface area contributed by atoms with E-state index in [-0.39, 0.29) is 28.7 Å². The van der Waals surface area contributed by atoms with Gasteiger partial charge in [-0.2, -0.15) is 0 Å². The van der Waals surface area contributed by atoms with Gasteiger partial charge in [0.15, 0.2) is 0 Å². The number of sulfonamides is 1. The van der Waals surface area contributed by atoms with Gasteiger partial charge in [-0.05, 0) is 68.4 Å². The summed E-state index contributed by atoms with van der Waals surface area (Å²) in [4.78, 5) is 28.5. The Hall–Kier alpha value is -3.76. The van der Waals surface area contributed by atoms with Crippen molar-refractivity contribution in [3.63, 3.8) is 0 Å². The van der Waals surface area contributed by atoms with Crippen LogP contribution in [0.2, 0.25) is 0 Å². The van der Waals surface area contributed by atoms with E-state index in [1.54, 1.807) is 44.2 Å². The lowest BCUT2D eigenvalue weighted by Gasteiger charge is -2.20. The summed E-state index contributed by atoms with van der Waals surface area (Å²) in [6.45, 7) is 2.90. The molecule has 0 atom stereocenters. The van der Waals surface area contributed by atoms with Crippen molar-refractivity contribution in [2.75, 3.05) is 22.0 Å². The van der Waals surface area contributed by atoms with E-state index in [1.165, 1.54) is 42.6 Å². The molecular weight excluding hydrogens is 444 g/mol. The van der Waals surface area contributed by atoms with E-state index in [2.05, 4.69) is 20.3 Å². The second kappa shape index (κ2) is 9.80. The fourth-order valence-electron chi connectivity index (χ4n) is 2.64. The third kappa shape index (κ3) is 6.15. The van der Waals surface area contributed by atoms with Gasteiger partial charge in [0.25, 0.3) is 15.9 Å². The second-order valence-corrected chi connectivity index (χ2v) is 9.56. The Bertz CT molecular complexity index is 1240. The monoisotopic (exact) mass is 468 g/mol. The van der Waals surface area contributed by atoms with Crippen LogP contribution in [0.4, 0.5) is 17.2 Å². The quantitative estimate of drug-likeness (QED) is 0.401. The molecule has 0 fully saturated rings. The highest BCUT2D eigenvalue weighted by Gasteiger charge is 2.26. The van der Waals surface area contributed by atoms with Crippen LogP contribution in [0.1, 0.15) is 24.2 Å². The molecule has 0 radical (unpaired) electrons. The summed E-state index contributed by atoms with van der Waals surface area (Å²) in [6, 6.07) is 16.8. The Labute approximate surface area is 191 Å². The van der Waals surface area contributed by atoms with Crippen molar-refractivity contribution in [2.45, 2.75) is 18.7 Å².